The predicted molar refractivity (Wildman–Crippen MR) is 164 cm³/mol. The smallest absolute Gasteiger partial charge is 0.226 e. The Kier molecular flexibility index (Phi) is 7.12. The molecule has 7 heteroatoms. The summed E-state index contributed by atoms with van der Waals surface area (Å²) in [5, 5.41) is 11.5. The fourth-order valence-corrected chi connectivity index (χ4v) is 10.3. The van der Waals surface area contributed by atoms with Gasteiger partial charge < -0.3 is 14.6 Å². The lowest BCUT2D eigenvalue weighted by molar-refractivity contribution is -0.194. The maximum atomic E-state index is 13.9. The van der Waals surface area contributed by atoms with Crippen LogP contribution in [0.1, 0.15) is 68.1 Å². The molecule has 0 unspecified atom stereocenters. The quantitative estimate of drug-likeness (QED) is 0.405. The molecule has 4 fully saturated rings. The van der Waals surface area contributed by atoms with Crippen molar-refractivity contribution in [3.8, 4) is 0 Å². The van der Waals surface area contributed by atoms with Gasteiger partial charge in [-0.2, -0.15) is 0 Å². The maximum absolute atomic E-state index is 13.9. The van der Waals surface area contributed by atoms with E-state index in [-0.39, 0.29) is 28.7 Å². The van der Waals surface area contributed by atoms with Crippen LogP contribution < -0.4 is 0 Å². The number of aliphatic hydroxyl groups is 1. The number of allylic oxidation sites excluding steroid dienone is 4. The number of rotatable bonds is 5. The molecular formula is C36H39FO5S. The summed E-state index contributed by atoms with van der Waals surface area (Å²) in [6, 6.07) is 15.8. The van der Waals surface area contributed by atoms with Gasteiger partial charge in [-0.3, -0.25) is 9.59 Å². The van der Waals surface area contributed by atoms with Crippen LogP contribution in [0.2, 0.25) is 0 Å². The Hall–Kier alpha value is -2.58. The van der Waals surface area contributed by atoms with Gasteiger partial charge in [0.15, 0.2) is 17.7 Å². The largest absolute Gasteiger partial charge is 0.393 e. The number of benzene rings is 2. The number of thioether (sulfide) groups is 1. The minimum absolute atomic E-state index is 0.000273. The molecule has 1 N–H and O–H groups in total. The Morgan fingerprint density at radius 2 is 1.93 bits per heavy atom. The third-order valence-electron chi connectivity index (χ3n) is 11.5. The first-order valence-electron chi connectivity index (χ1n) is 15.4. The van der Waals surface area contributed by atoms with E-state index in [0.717, 1.165) is 36.0 Å². The number of aliphatic hydroxyl groups excluding tert-OH is 1. The summed E-state index contributed by atoms with van der Waals surface area (Å²) in [4.78, 5) is 26.1. The lowest BCUT2D eigenvalue weighted by Crippen LogP contribution is -2.62. The first-order valence-corrected chi connectivity index (χ1v) is 16.4. The summed E-state index contributed by atoms with van der Waals surface area (Å²) >= 11 is 0.650. The molecule has 0 amide bonds. The summed E-state index contributed by atoms with van der Waals surface area (Å²) in [5.74, 6) is 0.0925. The van der Waals surface area contributed by atoms with Crippen molar-refractivity contribution in [1.82, 2.24) is 0 Å². The average Bonchev–Trinajstić information content (AvgIpc) is 3.47. The van der Waals surface area contributed by atoms with E-state index < -0.39 is 40.9 Å². The normalized spacial score (nSPS) is 39.5. The number of carbonyl (C=O) groups is 2. The lowest BCUT2D eigenvalue weighted by atomic mass is 9.46. The van der Waals surface area contributed by atoms with E-state index in [9.17, 15) is 19.1 Å². The molecule has 0 spiro atoms. The molecular weight excluding hydrogens is 563 g/mol. The highest BCUT2D eigenvalue weighted by atomic mass is 32.2. The van der Waals surface area contributed by atoms with Crippen LogP contribution in [-0.4, -0.2) is 39.8 Å². The molecule has 226 valence electrons. The Morgan fingerprint density at radius 1 is 1.14 bits per heavy atom. The van der Waals surface area contributed by atoms with Crippen molar-refractivity contribution >= 4 is 22.7 Å². The fourth-order valence-electron chi connectivity index (χ4n) is 9.57. The van der Waals surface area contributed by atoms with Crippen molar-refractivity contribution < 1.29 is 28.6 Å². The van der Waals surface area contributed by atoms with Crippen LogP contribution in [0.5, 0.6) is 0 Å². The summed E-state index contributed by atoms with van der Waals surface area (Å²) in [6.07, 6.45) is 6.73. The topological polar surface area (TPSA) is 72.8 Å². The molecule has 2 aromatic rings. The van der Waals surface area contributed by atoms with Crippen molar-refractivity contribution in [2.75, 3.05) is 6.01 Å². The van der Waals surface area contributed by atoms with Gasteiger partial charge in [0.05, 0.1) is 12.2 Å². The molecule has 0 aromatic heterocycles. The minimum atomic E-state index is -1.36. The Morgan fingerprint density at radius 3 is 2.67 bits per heavy atom. The molecule has 9 atom stereocenters. The summed E-state index contributed by atoms with van der Waals surface area (Å²) < 4.78 is 27.1. The highest BCUT2D eigenvalue weighted by Gasteiger charge is 2.76. The maximum Gasteiger partial charge on any atom is 0.226 e. The molecule has 7 rings (SSSR count). The molecule has 4 aliphatic carbocycles. The van der Waals surface area contributed by atoms with Crippen molar-refractivity contribution in [3.05, 3.63) is 94.6 Å². The van der Waals surface area contributed by atoms with E-state index in [2.05, 4.69) is 57.2 Å². The van der Waals surface area contributed by atoms with Crippen LogP contribution in [0.25, 0.3) is 0 Å². The molecule has 1 saturated heterocycles. The van der Waals surface area contributed by atoms with Crippen molar-refractivity contribution in [3.63, 3.8) is 0 Å². The second-order valence-electron chi connectivity index (χ2n) is 13.7. The standard InChI is InChI=1S/C36H39FO5S/c1-21-5-4-6-23(15-21)16-22-7-9-24(10-8-22)32-41-30-18-28-27-12-11-25-17-26(38)13-14-34(25,2)31(27)29(39)19-35(28,3)36(30,42-32)33(40)43-20-37/h4-10,13-15,17,27-32,39H,11-12,16,18-20H2,1-3H3/t27-,28-,29-,30+,31+,32+,34-,35-,36-/m0/s1. The molecule has 43 heavy (non-hydrogen) atoms. The average molecular weight is 603 g/mol. The van der Waals surface area contributed by atoms with E-state index >= 15 is 0 Å². The number of fused-ring (bicyclic) bond motifs is 7. The van der Waals surface area contributed by atoms with Gasteiger partial charge in [0.2, 0.25) is 5.12 Å². The monoisotopic (exact) mass is 602 g/mol. The Balaban J connectivity index is 1.19. The third kappa shape index (κ3) is 4.37. The van der Waals surface area contributed by atoms with Gasteiger partial charge in [0.25, 0.3) is 0 Å². The van der Waals surface area contributed by atoms with Crippen LogP contribution in [0.15, 0.2) is 72.3 Å². The number of ether oxygens (including phenoxy) is 2. The second-order valence-corrected chi connectivity index (χ2v) is 14.6. The zero-order chi connectivity index (χ0) is 30.1. The van der Waals surface area contributed by atoms with Crippen LogP contribution in [-0.2, 0) is 25.5 Å². The molecule has 5 aliphatic rings. The highest BCUT2D eigenvalue weighted by Crippen LogP contribution is 2.71. The van der Waals surface area contributed by atoms with Gasteiger partial charge in [-0.25, -0.2) is 4.39 Å². The van der Waals surface area contributed by atoms with E-state index in [0.29, 0.717) is 24.6 Å². The number of carbonyl (C=O) groups excluding carboxylic acids is 2. The summed E-state index contributed by atoms with van der Waals surface area (Å²) in [5.41, 5.74) is 3.04. The molecule has 3 saturated carbocycles. The molecule has 0 radical (unpaired) electrons. The first-order chi connectivity index (χ1) is 20.6. The Bertz CT molecular complexity index is 1520. The molecule has 0 bridgehead atoms. The second kappa shape index (κ2) is 10.5. The van der Waals surface area contributed by atoms with Gasteiger partial charge in [0.1, 0.15) is 6.01 Å². The van der Waals surface area contributed by atoms with E-state index in [1.807, 2.05) is 18.2 Å². The number of hydrogen-bond donors (Lipinski definition) is 1. The van der Waals surface area contributed by atoms with Gasteiger partial charge in [-0.1, -0.05) is 91.4 Å². The highest BCUT2D eigenvalue weighted by molar-refractivity contribution is 8.13. The van der Waals surface area contributed by atoms with Crippen LogP contribution >= 0.6 is 11.8 Å². The zero-order valence-electron chi connectivity index (χ0n) is 24.9. The van der Waals surface area contributed by atoms with Crippen molar-refractivity contribution in [1.29, 1.82) is 0 Å². The van der Waals surface area contributed by atoms with Gasteiger partial charge in [0, 0.05) is 22.3 Å². The van der Waals surface area contributed by atoms with Crippen molar-refractivity contribution in [2.24, 2.45) is 28.6 Å². The van der Waals surface area contributed by atoms with E-state index in [4.69, 9.17) is 9.47 Å². The van der Waals surface area contributed by atoms with Gasteiger partial charge in [-0.05, 0) is 74.1 Å². The Labute approximate surface area is 256 Å². The van der Waals surface area contributed by atoms with Crippen LogP contribution in [0.4, 0.5) is 4.39 Å². The summed E-state index contributed by atoms with van der Waals surface area (Å²) in [6.45, 7) is 6.27. The first kappa shape index (κ1) is 29.1. The summed E-state index contributed by atoms with van der Waals surface area (Å²) in [7, 11) is 0. The molecule has 2 aromatic carbocycles. The SMILES string of the molecule is Cc1cccc(Cc2ccc([C@@H]3O[C@@H]4C[C@H]5[C@@H]6CCC7=CC(=O)C=C[C@]7(C)[C@H]6[C@@H](O)C[C@]5(C)[C@]4(C(=O)SCF)O3)cc2)c1. The predicted octanol–water partition coefficient (Wildman–Crippen LogP) is 6.81. The zero-order valence-corrected chi connectivity index (χ0v) is 25.7. The van der Waals surface area contributed by atoms with E-state index in [1.54, 1.807) is 12.2 Å². The number of ketones is 1. The van der Waals surface area contributed by atoms with Crippen molar-refractivity contribution in [2.45, 2.75) is 77.0 Å². The number of aryl methyl sites for hydroxylation is 1. The molecule has 5 nitrogen and oxygen atoms in total. The third-order valence-corrected chi connectivity index (χ3v) is 12.1. The lowest BCUT2D eigenvalue weighted by Gasteiger charge is -2.59. The number of alkyl halides is 1. The fraction of sp³-hybridized carbons (Fsp3) is 0.500. The number of hydrogen-bond acceptors (Lipinski definition) is 6. The van der Waals surface area contributed by atoms with Gasteiger partial charge in [-0.15, -0.1) is 0 Å². The number of halogens is 1. The van der Waals surface area contributed by atoms with Crippen LogP contribution in [0.3, 0.4) is 0 Å². The molecule has 1 aliphatic heterocycles. The molecule has 1 heterocycles. The van der Waals surface area contributed by atoms with Gasteiger partial charge >= 0.3 is 0 Å². The van der Waals surface area contributed by atoms with Crippen LogP contribution in [0, 0.1) is 35.5 Å². The van der Waals surface area contributed by atoms with E-state index in [1.165, 1.54) is 11.1 Å². The minimum Gasteiger partial charge on any atom is -0.393 e.